The normalized spacial score (nSPS) is 11.1. The van der Waals surface area contributed by atoms with Crippen LogP contribution in [0, 0.1) is 34.0 Å². The Morgan fingerprint density at radius 3 is 1.62 bits per heavy atom. The Balaban J connectivity index is 1.40. The second-order valence-electron chi connectivity index (χ2n) is 12.2. The summed E-state index contributed by atoms with van der Waals surface area (Å²) in [4.78, 5) is 4.88. The molecule has 0 amide bonds. The molecule has 9 rings (SSSR count). The third-order valence-corrected chi connectivity index (χ3v) is 9.44. The van der Waals surface area contributed by atoms with Gasteiger partial charge in [-0.2, -0.15) is 15.8 Å². The highest BCUT2D eigenvalue weighted by atomic mass is 15.1. The van der Waals surface area contributed by atoms with E-state index >= 15 is 0 Å². The molecule has 6 nitrogen and oxygen atoms in total. The minimum atomic E-state index is 0.557. The first-order valence-electron chi connectivity index (χ1n) is 16.1. The van der Waals surface area contributed by atoms with E-state index in [1.54, 1.807) is 0 Å². The van der Waals surface area contributed by atoms with E-state index in [1.165, 1.54) is 0 Å². The van der Waals surface area contributed by atoms with Gasteiger partial charge in [-0.3, -0.25) is 4.57 Å². The lowest BCUT2D eigenvalue weighted by Gasteiger charge is -2.17. The molecule has 3 heterocycles. The van der Waals surface area contributed by atoms with Gasteiger partial charge in [-0.1, -0.05) is 54.6 Å². The fraction of sp³-hybridized carbons (Fsp3) is 0. The molecule has 0 unspecified atom stereocenters. The molecular weight excluding hydrogens is 613 g/mol. The molecule has 0 spiro atoms. The lowest BCUT2D eigenvalue weighted by atomic mass is 9.93. The van der Waals surface area contributed by atoms with Crippen molar-refractivity contribution in [2.75, 3.05) is 0 Å². The molecule has 3 aromatic heterocycles. The molecule has 230 valence electrons. The molecule has 0 N–H and O–H groups in total. The number of benzene rings is 6. The van der Waals surface area contributed by atoms with Gasteiger partial charge in [0.25, 0.3) is 0 Å². The first-order chi connectivity index (χ1) is 24.6. The van der Waals surface area contributed by atoms with Gasteiger partial charge in [0.2, 0.25) is 0 Å². The van der Waals surface area contributed by atoms with Gasteiger partial charge in [0.15, 0.2) is 0 Å². The molecule has 6 aromatic carbocycles. The van der Waals surface area contributed by atoms with Crippen molar-refractivity contribution in [3.63, 3.8) is 0 Å². The van der Waals surface area contributed by atoms with Crippen molar-refractivity contribution in [3.05, 3.63) is 162 Å². The maximum Gasteiger partial charge on any atom is 0.145 e. The molecule has 0 bridgehead atoms. The van der Waals surface area contributed by atoms with Crippen LogP contribution in [0.4, 0.5) is 0 Å². The van der Waals surface area contributed by atoms with Gasteiger partial charge in [0, 0.05) is 33.4 Å². The summed E-state index contributed by atoms with van der Waals surface area (Å²) < 4.78 is 4.43. The molecule has 0 saturated heterocycles. The van der Waals surface area contributed by atoms with E-state index in [9.17, 15) is 15.8 Å². The van der Waals surface area contributed by atoms with E-state index in [1.807, 2.05) is 85.1 Å². The predicted octanol–water partition coefficient (Wildman–Crippen LogP) is 10.2. The van der Waals surface area contributed by atoms with Crippen molar-refractivity contribution in [1.82, 2.24) is 14.1 Å². The third-order valence-electron chi connectivity index (χ3n) is 9.44. The standard InChI is InChI=1S/C44H24N6/c45-25-28-11-15-31(16-12-28)35-6-1-2-7-36(35)32-22-33(24-34(23-32)50-41-10-4-3-8-37(41)38-9-5-19-48-44(38)50)49-42-17-13-29(26-46)20-39(42)40-21-30(27-47)14-18-43(40)49/h1-24H. The van der Waals surface area contributed by atoms with Gasteiger partial charge in [-0.25, -0.2) is 4.98 Å². The largest absolute Gasteiger partial charge is 0.309 e. The molecule has 0 fully saturated rings. The third kappa shape index (κ3) is 4.44. The number of hydrogen-bond acceptors (Lipinski definition) is 4. The second-order valence-corrected chi connectivity index (χ2v) is 12.2. The molecule has 0 atom stereocenters. The second kappa shape index (κ2) is 11.4. The van der Waals surface area contributed by atoms with Crippen LogP contribution in [0.1, 0.15) is 16.7 Å². The summed E-state index contributed by atoms with van der Waals surface area (Å²) in [6, 6.07) is 53.3. The van der Waals surface area contributed by atoms with Gasteiger partial charge in [0.05, 0.1) is 57.1 Å². The number of aromatic nitrogens is 3. The molecule has 0 radical (unpaired) electrons. The van der Waals surface area contributed by atoms with Gasteiger partial charge in [0.1, 0.15) is 5.65 Å². The van der Waals surface area contributed by atoms with Crippen LogP contribution < -0.4 is 0 Å². The van der Waals surface area contributed by atoms with Crippen LogP contribution in [0.3, 0.4) is 0 Å². The fourth-order valence-electron chi connectivity index (χ4n) is 7.22. The molecule has 0 aliphatic rings. The Bertz CT molecular complexity index is 2830. The van der Waals surface area contributed by atoms with Crippen LogP contribution in [0.15, 0.2) is 146 Å². The zero-order chi connectivity index (χ0) is 33.8. The van der Waals surface area contributed by atoms with Crippen molar-refractivity contribution in [2.24, 2.45) is 0 Å². The van der Waals surface area contributed by atoms with E-state index in [-0.39, 0.29) is 0 Å². The number of rotatable bonds is 4. The predicted molar refractivity (Wildman–Crippen MR) is 198 cm³/mol. The molecule has 9 aromatic rings. The van der Waals surface area contributed by atoms with Crippen LogP contribution in [-0.4, -0.2) is 14.1 Å². The van der Waals surface area contributed by atoms with Crippen LogP contribution >= 0.6 is 0 Å². The first kappa shape index (κ1) is 28.7. The monoisotopic (exact) mass is 636 g/mol. The van der Waals surface area contributed by atoms with E-state index < -0.39 is 0 Å². The van der Waals surface area contributed by atoms with E-state index in [0.29, 0.717) is 16.7 Å². The van der Waals surface area contributed by atoms with Crippen LogP contribution in [-0.2, 0) is 0 Å². The average Bonchev–Trinajstić information content (AvgIpc) is 3.70. The Labute approximate surface area is 287 Å². The quantitative estimate of drug-likeness (QED) is 0.192. The first-order valence-corrected chi connectivity index (χ1v) is 16.1. The Morgan fingerprint density at radius 1 is 0.420 bits per heavy atom. The molecule has 0 aliphatic heterocycles. The topological polar surface area (TPSA) is 94.1 Å². The Hall–Kier alpha value is -7.46. The molecular formula is C44H24N6. The Morgan fingerprint density at radius 2 is 0.960 bits per heavy atom. The van der Waals surface area contributed by atoms with E-state index in [0.717, 1.165) is 77.4 Å². The summed E-state index contributed by atoms with van der Waals surface area (Å²) in [5, 5.41) is 33.0. The fourth-order valence-corrected chi connectivity index (χ4v) is 7.22. The Kier molecular flexibility index (Phi) is 6.53. The summed E-state index contributed by atoms with van der Waals surface area (Å²) in [5.74, 6) is 0. The lowest BCUT2D eigenvalue weighted by molar-refractivity contribution is 1.11. The van der Waals surface area contributed by atoms with Gasteiger partial charge < -0.3 is 4.57 Å². The van der Waals surface area contributed by atoms with Gasteiger partial charge >= 0.3 is 0 Å². The maximum absolute atomic E-state index is 9.79. The average molecular weight is 637 g/mol. The van der Waals surface area contributed by atoms with Crippen LogP contribution in [0.25, 0.3) is 77.4 Å². The maximum atomic E-state index is 9.79. The summed E-state index contributed by atoms with van der Waals surface area (Å²) in [6.45, 7) is 0. The van der Waals surface area contributed by atoms with Crippen molar-refractivity contribution in [1.29, 1.82) is 15.8 Å². The van der Waals surface area contributed by atoms with Crippen molar-refractivity contribution >= 4 is 43.7 Å². The van der Waals surface area contributed by atoms with Crippen LogP contribution in [0.5, 0.6) is 0 Å². The van der Waals surface area contributed by atoms with Crippen LogP contribution in [0.2, 0.25) is 0 Å². The number of nitrogens with zero attached hydrogens (tertiary/aromatic N) is 6. The zero-order valence-corrected chi connectivity index (χ0v) is 26.5. The molecule has 0 aliphatic carbocycles. The van der Waals surface area contributed by atoms with E-state index in [4.69, 9.17) is 4.98 Å². The number of pyridine rings is 1. The number of para-hydroxylation sites is 1. The highest BCUT2D eigenvalue weighted by Crippen LogP contribution is 2.40. The highest BCUT2D eigenvalue weighted by molar-refractivity contribution is 6.11. The summed E-state index contributed by atoms with van der Waals surface area (Å²) in [6.07, 6.45) is 1.83. The van der Waals surface area contributed by atoms with Crippen molar-refractivity contribution in [2.45, 2.75) is 0 Å². The minimum Gasteiger partial charge on any atom is -0.309 e. The number of fused-ring (bicyclic) bond motifs is 6. The minimum absolute atomic E-state index is 0.557. The smallest absolute Gasteiger partial charge is 0.145 e. The zero-order valence-electron chi connectivity index (χ0n) is 26.5. The molecule has 0 saturated carbocycles. The van der Waals surface area contributed by atoms with Gasteiger partial charge in [-0.05, 0) is 107 Å². The molecule has 6 heteroatoms. The lowest BCUT2D eigenvalue weighted by Crippen LogP contribution is -2.01. The summed E-state index contributed by atoms with van der Waals surface area (Å²) in [7, 11) is 0. The van der Waals surface area contributed by atoms with Crippen molar-refractivity contribution in [3.8, 4) is 51.8 Å². The highest BCUT2D eigenvalue weighted by Gasteiger charge is 2.19. The number of hydrogen-bond donors (Lipinski definition) is 0. The molecule has 50 heavy (non-hydrogen) atoms. The SMILES string of the molecule is N#Cc1ccc(-c2ccccc2-c2cc(-n3c4ccc(C#N)cc4c4cc(C#N)ccc43)cc(-n3c4ccccc4c4cccnc43)c2)cc1. The van der Waals surface area contributed by atoms with Gasteiger partial charge in [-0.15, -0.1) is 0 Å². The number of nitriles is 3. The summed E-state index contributed by atoms with van der Waals surface area (Å²) in [5.41, 5.74) is 11.4. The van der Waals surface area contributed by atoms with Crippen molar-refractivity contribution < 1.29 is 0 Å². The summed E-state index contributed by atoms with van der Waals surface area (Å²) >= 11 is 0. The van der Waals surface area contributed by atoms with E-state index in [2.05, 4.69) is 88.0 Å².